The van der Waals surface area contributed by atoms with Crippen molar-refractivity contribution in [2.24, 2.45) is 0 Å². The summed E-state index contributed by atoms with van der Waals surface area (Å²) in [5.74, 6) is -2.22. The fraction of sp³-hybridized carbons (Fsp3) is 0.533. The van der Waals surface area contributed by atoms with Gasteiger partial charge in [0.2, 0.25) is 0 Å². The first-order valence-corrected chi connectivity index (χ1v) is 7.24. The number of methoxy groups -OCH3 is 1. The molecule has 0 aliphatic heterocycles. The number of hydrogen-bond acceptors (Lipinski definition) is 3. The predicted octanol–water partition coefficient (Wildman–Crippen LogP) is 3.30. The summed E-state index contributed by atoms with van der Waals surface area (Å²) in [6.45, 7) is 3.78. The van der Waals surface area contributed by atoms with Crippen LogP contribution in [0.5, 0.6) is 5.75 Å². The monoisotopic (exact) mass is 316 g/mol. The maximum absolute atomic E-state index is 13.5. The zero-order chi connectivity index (χ0) is 16.4. The molecule has 2 N–H and O–H groups in total. The average Bonchev–Trinajstić information content (AvgIpc) is 2.46. The summed E-state index contributed by atoms with van der Waals surface area (Å²) >= 11 is 0. The van der Waals surface area contributed by atoms with Crippen molar-refractivity contribution in [1.29, 1.82) is 0 Å². The molecular formula is C15H22F2N2O3. The lowest BCUT2D eigenvalue weighted by Crippen LogP contribution is -2.30. The van der Waals surface area contributed by atoms with Crippen molar-refractivity contribution in [3.05, 3.63) is 23.8 Å². The topological polar surface area (TPSA) is 59.6 Å². The van der Waals surface area contributed by atoms with Crippen LogP contribution in [-0.2, 0) is 4.74 Å². The lowest BCUT2D eigenvalue weighted by molar-refractivity contribution is 0.129. The smallest absolute Gasteiger partial charge is 0.319 e. The van der Waals surface area contributed by atoms with Crippen molar-refractivity contribution in [2.75, 3.05) is 32.2 Å². The minimum atomic E-state index is -0.873. The maximum Gasteiger partial charge on any atom is 0.319 e. The second-order valence-corrected chi connectivity index (χ2v) is 4.67. The number of benzene rings is 1. The summed E-state index contributed by atoms with van der Waals surface area (Å²) in [7, 11) is 1.17. The van der Waals surface area contributed by atoms with Crippen molar-refractivity contribution < 1.29 is 23.0 Å². The Bertz CT molecular complexity index is 461. The summed E-state index contributed by atoms with van der Waals surface area (Å²) < 4.78 is 36.8. The SMILES string of the molecule is CCCCOCCCNC(=O)Nc1cc(F)c(OC)c(F)c1. The van der Waals surface area contributed by atoms with Crippen LogP contribution < -0.4 is 15.4 Å². The standard InChI is InChI=1S/C15H22F2N2O3/c1-3-4-7-22-8-5-6-18-15(20)19-11-9-12(16)14(21-2)13(17)10-11/h9-10H,3-8H2,1-2H3,(H2,18,19,20). The van der Waals surface area contributed by atoms with Crippen LogP contribution in [0.1, 0.15) is 26.2 Å². The quantitative estimate of drug-likeness (QED) is 0.687. The van der Waals surface area contributed by atoms with E-state index in [0.717, 1.165) is 25.0 Å². The van der Waals surface area contributed by atoms with Crippen molar-refractivity contribution in [2.45, 2.75) is 26.2 Å². The highest BCUT2D eigenvalue weighted by Gasteiger charge is 2.12. The maximum atomic E-state index is 13.5. The van der Waals surface area contributed by atoms with Crippen LogP contribution in [0.15, 0.2) is 12.1 Å². The molecular weight excluding hydrogens is 294 g/mol. The van der Waals surface area contributed by atoms with Crippen LogP contribution in [0.25, 0.3) is 0 Å². The summed E-state index contributed by atoms with van der Waals surface area (Å²) in [5, 5.41) is 4.94. The Morgan fingerprint density at radius 2 is 1.82 bits per heavy atom. The molecule has 0 fully saturated rings. The zero-order valence-electron chi connectivity index (χ0n) is 12.9. The van der Waals surface area contributed by atoms with E-state index < -0.39 is 23.4 Å². The number of amides is 2. The molecule has 0 heterocycles. The second kappa shape index (κ2) is 9.94. The van der Waals surface area contributed by atoms with Crippen molar-refractivity contribution in [3.63, 3.8) is 0 Å². The molecule has 0 unspecified atom stereocenters. The van der Waals surface area contributed by atoms with E-state index in [2.05, 4.69) is 22.3 Å². The molecule has 0 saturated carbocycles. The lowest BCUT2D eigenvalue weighted by Gasteiger charge is -2.10. The number of hydrogen-bond donors (Lipinski definition) is 2. The van der Waals surface area contributed by atoms with E-state index in [0.29, 0.717) is 26.2 Å². The first kappa shape index (κ1) is 18.2. The summed E-state index contributed by atoms with van der Waals surface area (Å²) in [4.78, 5) is 11.6. The van der Waals surface area contributed by atoms with Gasteiger partial charge in [0.25, 0.3) is 0 Å². The van der Waals surface area contributed by atoms with Crippen LogP contribution >= 0.6 is 0 Å². The largest absolute Gasteiger partial charge is 0.491 e. The minimum absolute atomic E-state index is 0.0208. The number of unbranched alkanes of at least 4 members (excludes halogenated alkanes) is 1. The Labute approximate surface area is 129 Å². The number of ether oxygens (including phenoxy) is 2. The fourth-order valence-corrected chi connectivity index (χ4v) is 1.73. The molecule has 7 heteroatoms. The molecule has 2 amide bonds. The van der Waals surface area contributed by atoms with Crippen LogP contribution in [0.3, 0.4) is 0 Å². The van der Waals surface area contributed by atoms with Crippen LogP contribution in [0.2, 0.25) is 0 Å². The van der Waals surface area contributed by atoms with Gasteiger partial charge in [0.05, 0.1) is 7.11 Å². The highest BCUT2D eigenvalue weighted by atomic mass is 19.1. The molecule has 1 rings (SSSR count). The van der Waals surface area contributed by atoms with Gasteiger partial charge in [-0.1, -0.05) is 13.3 Å². The number of nitrogens with one attached hydrogen (secondary N) is 2. The first-order valence-electron chi connectivity index (χ1n) is 7.24. The highest BCUT2D eigenvalue weighted by Crippen LogP contribution is 2.25. The van der Waals surface area contributed by atoms with E-state index in [4.69, 9.17) is 4.74 Å². The molecule has 1 aromatic rings. The van der Waals surface area contributed by atoms with Gasteiger partial charge < -0.3 is 20.1 Å². The van der Waals surface area contributed by atoms with E-state index in [9.17, 15) is 13.6 Å². The fourth-order valence-electron chi connectivity index (χ4n) is 1.73. The third-order valence-corrected chi connectivity index (χ3v) is 2.85. The molecule has 5 nitrogen and oxygen atoms in total. The Balaban J connectivity index is 2.30. The number of carbonyl (C=O) groups is 1. The normalized spacial score (nSPS) is 10.4. The highest BCUT2D eigenvalue weighted by molar-refractivity contribution is 5.89. The Morgan fingerprint density at radius 3 is 2.41 bits per heavy atom. The van der Waals surface area contributed by atoms with E-state index in [1.807, 2.05) is 0 Å². The van der Waals surface area contributed by atoms with Crippen LogP contribution in [0, 0.1) is 11.6 Å². The van der Waals surface area contributed by atoms with Crippen LogP contribution in [0.4, 0.5) is 19.3 Å². The van der Waals surface area contributed by atoms with E-state index in [-0.39, 0.29) is 5.69 Å². The minimum Gasteiger partial charge on any atom is -0.491 e. The number of urea groups is 1. The van der Waals surface area contributed by atoms with E-state index >= 15 is 0 Å². The van der Waals surface area contributed by atoms with E-state index in [1.54, 1.807) is 0 Å². The third kappa shape index (κ3) is 6.26. The average molecular weight is 316 g/mol. The predicted molar refractivity (Wildman–Crippen MR) is 80.3 cm³/mol. The zero-order valence-corrected chi connectivity index (χ0v) is 12.9. The molecule has 0 aliphatic carbocycles. The lowest BCUT2D eigenvalue weighted by atomic mass is 10.2. The third-order valence-electron chi connectivity index (χ3n) is 2.85. The van der Waals surface area contributed by atoms with Crippen molar-refractivity contribution in [3.8, 4) is 5.75 Å². The Hall–Kier alpha value is -1.89. The molecule has 0 radical (unpaired) electrons. The number of halogens is 2. The Morgan fingerprint density at radius 1 is 1.18 bits per heavy atom. The van der Waals surface area contributed by atoms with E-state index in [1.165, 1.54) is 7.11 Å². The van der Waals surface area contributed by atoms with Gasteiger partial charge in [-0.3, -0.25) is 0 Å². The molecule has 124 valence electrons. The van der Waals surface area contributed by atoms with Crippen molar-refractivity contribution >= 4 is 11.7 Å². The van der Waals surface area contributed by atoms with Gasteiger partial charge in [0, 0.05) is 37.6 Å². The van der Waals surface area contributed by atoms with Gasteiger partial charge in [-0.05, 0) is 12.8 Å². The van der Waals surface area contributed by atoms with Gasteiger partial charge in [-0.15, -0.1) is 0 Å². The Kier molecular flexibility index (Phi) is 8.21. The van der Waals surface area contributed by atoms with Crippen LogP contribution in [-0.4, -0.2) is 32.9 Å². The van der Waals surface area contributed by atoms with Gasteiger partial charge in [-0.25, -0.2) is 13.6 Å². The van der Waals surface area contributed by atoms with Crippen molar-refractivity contribution in [1.82, 2.24) is 5.32 Å². The molecule has 1 aromatic carbocycles. The second-order valence-electron chi connectivity index (χ2n) is 4.67. The first-order chi connectivity index (χ1) is 10.6. The molecule has 0 aliphatic rings. The summed E-state index contributed by atoms with van der Waals surface area (Å²) in [6.07, 6.45) is 2.76. The van der Waals surface area contributed by atoms with Gasteiger partial charge in [-0.2, -0.15) is 0 Å². The molecule has 0 bridgehead atoms. The van der Waals surface area contributed by atoms with Gasteiger partial charge in [0.15, 0.2) is 17.4 Å². The number of anilines is 1. The summed E-state index contributed by atoms with van der Waals surface area (Å²) in [5.41, 5.74) is 0.0208. The number of rotatable bonds is 9. The molecule has 0 spiro atoms. The molecule has 0 aromatic heterocycles. The van der Waals surface area contributed by atoms with Gasteiger partial charge in [0.1, 0.15) is 0 Å². The van der Waals surface area contributed by atoms with Gasteiger partial charge >= 0.3 is 6.03 Å². The molecule has 0 saturated heterocycles. The summed E-state index contributed by atoms with van der Waals surface area (Å²) in [6, 6.07) is 1.46. The molecule has 22 heavy (non-hydrogen) atoms. The molecule has 0 atom stereocenters. The number of carbonyl (C=O) groups excluding carboxylic acids is 1.